The maximum atomic E-state index is 15.1. The van der Waals surface area contributed by atoms with Gasteiger partial charge in [0.1, 0.15) is 93.6 Å². The second-order valence-corrected chi connectivity index (χ2v) is 28.9. The highest BCUT2D eigenvalue weighted by Gasteiger charge is 2.69. The molecule has 44 heteroatoms. The summed E-state index contributed by atoms with van der Waals surface area (Å²) in [6.07, 6.45) is -36.1. The first-order chi connectivity index (χ1) is 53.9. The van der Waals surface area contributed by atoms with Crippen LogP contribution in [0, 0.1) is 0 Å². The zero-order valence-corrected chi connectivity index (χ0v) is 65.7. The molecule has 115 heavy (non-hydrogen) atoms. The van der Waals surface area contributed by atoms with Crippen LogP contribution >= 0.6 is 11.8 Å². The van der Waals surface area contributed by atoms with Gasteiger partial charge < -0.3 is 121 Å². The minimum absolute atomic E-state index is 0.372. The van der Waals surface area contributed by atoms with Crippen molar-refractivity contribution < 1.29 is 186 Å². The van der Waals surface area contributed by atoms with Crippen molar-refractivity contribution in [2.75, 3.05) is 33.5 Å². The molecule has 1 aromatic rings. The highest BCUT2D eigenvalue weighted by atomic mass is 32.2. The summed E-state index contributed by atoms with van der Waals surface area (Å²) in [6.45, 7) is 9.22. The van der Waals surface area contributed by atoms with Crippen LogP contribution in [0.5, 0.6) is 0 Å². The minimum atomic E-state index is -3.16. The Hall–Kier alpha value is -10.2. The normalized spacial score (nSPS) is 32.2. The van der Waals surface area contributed by atoms with E-state index in [4.69, 9.17) is 99.5 Å². The predicted molar refractivity (Wildman–Crippen MR) is 368 cm³/mol. The zero-order chi connectivity index (χ0) is 85.1. The molecule has 0 unspecified atom stereocenters. The van der Waals surface area contributed by atoms with Crippen molar-refractivity contribution in [1.29, 1.82) is 0 Å². The Morgan fingerprint density at radius 2 is 0.704 bits per heavy atom. The first kappa shape index (κ1) is 90.3. The van der Waals surface area contributed by atoms with Gasteiger partial charge in [0.05, 0.1) is 50.5 Å². The van der Waals surface area contributed by atoms with Crippen molar-refractivity contribution in [3.05, 3.63) is 30.3 Å². The van der Waals surface area contributed by atoms with Gasteiger partial charge in [-0.15, -0.1) is 0 Å². The van der Waals surface area contributed by atoms with Gasteiger partial charge in [-0.05, 0) is 12.1 Å². The highest BCUT2D eigenvalue weighted by molar-refractivity contribution is 8.01. The molecule has 4 N–H and O–H groups in total. The number of benzene rings is 1. The van der Waals surface area contributed by atoms with Crippen molar-refractivity contribution in [2.24, 2.45) is 0 Å². The average molecular weight is 1660 g/mol. The molecule has 3 spiro atoms. The number of nitrogens with one attached hydrogen (secondary N) is 4. The number of ether oxygens (including phenoxy) is 21. The first-order valence-corrected chi connectivity index (χ1v) is 36.6. The molecule has 634 valence electrons. The van der Waals surface area contributed by atoms with Crippen LogP contribution in [0.25, 0.3) is 0 Å². The Bertz CT molecular complexity index is 3920. The Morgan fingerprint density at radius 1 is 0.391 bits per heavy atom. The molecule has 7 aliphatic rings. The van der Waals surface area contributed by atoms with Gasteiger partial charge in [-0.1, -0.05) is 30.0 Å². The third kappa shape index (κ3) is 22.2. The van der Waals surface area contributed by atoms with Crippen LogP contribution in [-0.4, -0.2) is 285 Å². The molecule has 1 aromatic carbocycles. The summed E-state index contributed by atoms with van der Waals surface area (Å²) in [6, 6.07) is 1.03. The standard InChI is InChI=1S/C71H90N4O39S/c1-29(76)72-52-44(99-34(6)81)21-68(111-60(52)56(104-39(11)86)48(103-38(10)85)25-95-33(5)80)64(90)96-26-49(108-68)57(105-40(12)87)61-53(73-30(2)77)45(100-35(7)82)22-69(112-61)65(91)97-27-50(109-69)58(106-41(13)88)62-54(74-31(3)78)46(101-36(8)83)23-70(113-62)66(92)98-28-51(110-70)59(107-42(14)89)63-55(75-32(4)79)47(102-37(9)84)24-71(114-63,67(93)94-15)115-43-19-17-16-18-20-43/h16-20,44-63H,21-28H2,1-15H3,(H,72,76)(H,73,77)(H,74,78)(H,75,79)/t44-,45-,46-,47-,48+,49+,50+,51+,52+,53+,54+,55+,56+,57+,58+,59+,60+,61+,62+,63+,68+,69+,70+,71+/m0/s1. The summed E-state index contributed by atoms with van der Waals surface area (Å²) >= 11 is 0.766. The number of carbonyl (C=O) groups is 18. The molecule has 43 nitrogen and oxygen atoms in total. The third-order valence-electron chi connectivity index (χ3n) is 18.3. The molecule has 4 amide bonds. The SMILES string of the molecule is COC(=O)[C@]1(Sc2ccccc2)C[C@H](OC(C)=O)[C@@H](NC(C)=O)[C@H]([C@H](OC(C)=O)[C@H]2COC(=O)[C@]3(C[C@H](OC(C)=O)[C@@H](NC(C)=O)[C@H]([C@H](OC(C)=O)[C@H]4COC(=O)[C@]5(C[C@H](OC(C)=O)[C@@H](NC(C)=O)[C@H]([C@H](OC(C)=O)[C@H]6COC(=O)[C@]7(C[C@H](OC(C)=O)[C@@H](NC(C)=O)[C@H]([C@H](OC(C)=O)[C@@H](COC(C)=O)OC(C)=O)O7)O6)O5)O4)O3)O2)O1. The molecule has 0 aliphatic carbocycles. The number of rotatable bonds is 26. The predicted octanol–water partition coefficient (Wildman–Crippen LogP) is -2.31. The number of hydrogen-bond acceptors (Lipinski definition) is 40. The molecule has 7 aliphatic heterocycles. The van der Waals surface area contributed by atoms with Gasteiger partial charge in [-0.2, -0.15) is 0 Å². The van der Waals surface area contributed by atoms with Crippen LogP contribution in [0.3, 0.4) is 0 Å². The second-order valence-electron chi connectivity index (χ2n) is 27.6. The van der Waals surface area contributed by atoms with Gasteiger partial charge >= 0.3 is 83.6 Å². The van der Waals surface area contributed by atoms with E-state index in [1.54, 1.807) is 30.3 Å². The molecule has 7 fully saturated rings. The zero-order valence-electron chi connectivity index (χ0n) is 64.9. The fourth-order valence-electron chi connectivity index (χ4n) is 14.6. The summed E-state index contributed by atoms with van der Waals surface area (Å²) in [5.41, 5.74) is 0. The Kier molecular flexibility index (Phi) is 29.8. The highest BCUT2D eigenvalue weighted by Crippen LogP contribution is 2.50. The van der Waals surface area contributed by atoms with Crippen molar-refractivity contribution >= 4 is 119 Å². The summed E-state index contributed by atoms with van der Waals surface area (Å²) in [4.78, 5) is 243. The van der Waals surface area contributed by atoms with Gasteiger partial charge in [-0.3, -0.25) is 67.1 Å². The van der Waals surface area contributed by atoms with Crippen LogP contribution in [0.4, 0.5) is 0 Å². The third-order valence-corrected chi connectivity index (χ3v) is 19.6. The van der Waals surface area contributed by atoms with Gasteiger partial charge in [0.15, 0.2) is 30.5 Å². The summed E-state index contributed by atoms with van der Waals surface area (Å²) in [5.74, 6) is -29.4. The molecule has 0 aromatic heterocycles. The lowest BCUT2D eigenvalue weighted by Gasteiger charge is -2.54. The number of methoxy groups -OCH3 is 1. The molecular weight excluding hydrogens is 1560 g/mol. The molecule has 0 saturated carbocycles. The quantitative estimate of drug-likeness (QED) is 0.0559. The number of thioether (sulfide) groups is 1. The van der Waals surface area contributed by atoms with Crippen LogP contribution in [0.1, 0.15) is 123 Å². The maximum Gasteiger partial charge on any atom is 0.367 e. The molecule has 7 heterocycles. The van der Waals surface area contributed by atoms with E-state index in [9.17, 15) is 76.7 Å². The van der Waals surface area contributed by atoms with E-state index in [-0.39, 0.29) is 0 Å². The van der Waals surface area contributed by atoms with Crippen molar-refractivity contribution in [3.63, 3.8) is 0 Å². The van der Waals surface area contributed by atoms with E-state index in [1.165, 1.54) is 0 Å². The Labute approximate surface area is 659 Å². The van der Waals surface area contributed by atoms with Crippen molar-refractivity contribution in [1.82, 2.24) is 21.3 Å². The van der Waals surface area contributed by atoms with Gasteiger partial charge in [0.2, 0.25) is 28.6 Å². The van der Waals surface area contributed by atoms with E-state index in [0.29, 0.717) is 4.90 Å². The van der Waals surface area contributed by atoms with Crippen LogP contribution < -0.4 is 21.3 Å². The van der Waals surface area contributed by atoms with Crippen LogP contribution in [-0.2, 0) is 186 Å². The topological polar surface area (TPSA) is 549 Å². The molecule has 7 saturated heterocycles. The van der Waals surface area contributed by atoms with Crippen LogP contribution in [0.2, 0.25) is 0 Å². The molecule has 8 rings (SSSR count). The van der Waals surface area contributed by atoms with Crippen molar-refractivity contribution in [2.45, 2.75) is 272 Å². The second kappa shape index (κ2) is 38.0. The average Bonchev–Trinajstić information content (AvgIpc) is 0.734. The van der Waals surface area contributed by atoms with Crippen molar-refractivity contribution in [3.8, 4) is 0 Å². The molecule has 0 radical (unpaired) electrons. The summed E-state index contributed by atoms with van der Waals surface area (Å²) in [5, 5.41) is 10.2. The number of amides is 4. The van der Waals surface area contributed by atoms with E-state index in [0.717, 1.165) is 116 Å². The molecular formula is C71H90N4O39S. The van der Waals surface area contributed by atoms with E-state index in [1.807, 2.05) is 0 Å². The molecule has 24 atom stereocenters. The van der Waals surface area contributed by atoms with Gasteiger partial charge in [0, 0.05) is 108 Å². The minimum Gasteiger partial charge on any atom is -0.466 e. The van der Waals surface area contributed by atoms with Crippen LogP contribution in [0.15, 0.2) is 35.2 Å². The fraction of sp³-hybridized carbons (Fsp3) is 0.662. The van der Waals surface area contributed by atoms with E-state index >= 15 is 9.59 Å². The maximum absolute atomic E-state index is 15.1. The number of carbonyl (C=O) groups excluding carboxylic acids is 18. The van der Waals surface area contributed by atoms with E-state index < -0.39 is 303 Å². The summed E-state index contributed by atoms with van der Waals surface area (Å²) < 4.78 is 127. The van der Waals surface area contributed by atoms with E-state index in [2.05, 4.69) is 21.3 Å². The number of hydrogen-bond donors (Lipinski definition) is 4. The van der Waals surface area contributed by atoms with Gasteiger partial charge in [-0.25, -0.2) is 19.2 Å². The fourth-order valence-corrected chi connectivity index (χ4v) is 15.8. The number of cyclic esters (lactones) is 3. The smallest absolute Gasteiger partial charge is 0.367 e. The lowest BCUT2D eigenvalue weighted by Crippen LogP contribution is -2.75. The lowest BCUT2D eigenvalue weighted by molar-refractivity contribution is -0.378. The Balaban J connectivity index is 1.27. The largest absolute Gasteiger partial charge is 0.466 e. The monoisotopic (exact) mass is 1650 g/mol. The Morgan fingerprint density at radius 3 is 1.01 bits per heavy atom. The summed E-state index contributed by atoms with van der Waals surface area (Å²) in [7, 11) is 1.02. The lowest BCUT2D eigenvalue weighted by atomic mass is 9.85. The number of esters is 14. The first-order valence-electron chi connectivity index (χ1n) is 35.8. The van der Waals surface area contributed by atoms with Gasteiger partial charge in [0.25, 0.3) is 17.4 Å². The molecule has 0 bridgehead atoms.